The Balaban J connectivity index is 1.62. The number of ether oxygens (including phenoxy) is 1. The van der Waals surface area contributed by atoms with E-state index < -0.39 is 22.5 Å². The van der Waals surface area contributed by atoms with Crippen LogP contribution in [0, 0.1) is 0 Å². The van der Waals surface area contributed by atoms with E-state index in [1.807, 2.05) is 37.3 Å². The van der Waals surface area contributed by atoms with Gasteiger partial charge in [-0.1, -0.05) is 79.0 Å². The zero-order valence-electron chi connectivity index (χ0n) is 22.3. The molecule has 4 rings (SSSR count). The van der Waals surface area contributed by atoms with E-state index in [1.54, 1.807) is 36.4 Å². The number of sulfonamides is 1. The lowest BCUT2D eigenvalue weighted by molar-refractivity contribution is -0.141. The van der Waals surface area contributed by atoms with Gasteiger partial charge in [0.2, 0.25) is 0 Å². The molecule has 11 heteroatoms. The number of esters is 1. The average Bonchev–Trinajstić information content (AvgIpc) is 2.94. The minimum atomic E-state index is -4.27. The number of nitrogens with one attached hydrogen (secondary N) is 2. The van der Waals surface area contributed by atoms with Crippen molar-refractivity contribution in [3.63, 3.8) is 0 Å². The van der Waals surface area contributed by atoms with Crippen molar-refractivity contribution in [2.45, 2.75) is 31.2 Å². The summed E-state index contributed by atoms with van der Waals surface area (Å²) >= 11 is 12.2. The first kappa shape index (κ1) is 30.2. The minimum absolute atomic E-state index is 0.140. The van der Waals surface area contributed by atoms with Crippen LogP contribution in [0.5, 0.6) is 0 Å². The summed E-state index contributed by atoms with van der Waals surface area (Å²) < 4.78 is 33.8. The monoisotopic (exact) mass is 613 g/mol. The summed E-state index contributed by atoms with van der Waals surface area (Å²) in [5, 5.41) is 7.33. The maximum Gasteiger partial charge on any atom is 0.326 e. The molecule has 4 aromatic rings. The first-order valence-corrected chi connectivity index (χ1v) is 15.1. The first-order valence-electron chi connectivity index (χ1n) is 12.9. The van der Waals surface area contributed by atoms with E-state index in [4.69, 9.17) is 27.9 Å². The molecule has 2 amide bonds. The summed E-state index contributed by atoms with van der Waals surface area (Å²) in [5.74, 6) is -0.694. The van der Waals surface area contributed by atoms with Crippen molar-refractivity contribution >= 4 is 67.4 Å². The Morgan fingerprint density at radius 2 is 1.59 bits per heavy atom. The third-order valence-electron chi connectivity index (χ3n) is 6.12. The number of urea groups is 1. The van der Waals surface area contributed by atoms with Crippen molar-refractivity contribution in [1.82, 2.24) is 5.32 Å². The van der Waals surface area contributed by atoms with Crippen molar-refractivity contribution in [2.75, 3.05) is 22.8 Å². The predicted octanol–water partition coefficient (Wildman–Crippen LogP) is 7.01. The van der Waals surface area contributed by atoms with Gasteiger partial charge in [-0.15, -0.1) is 0 Å². The number of rotatable bonds is 11. The van der Waals surface area contributed by atoms with Gasteiger partial charge in [-0.05, 0) is 65.2 Å². The summed E-state index contributed by atoms with van der Waals surface area (Å²) in [6.45, 7) is 1.95. The van der Waals surface area contributed by atoms with Crippen LogP contribution in [0.1, 0.15) is 25.3 Å². The maximum atomic E-state index is 13.8. The van der Waals surface area contributed by atoms with Crippen LogP contribution in [0.3, 0.4) is 0 Å². The number of carbonyl (C=O) groups excluding carboxylic acids is 2. The number of nitrogens with zero attached hydrogens (tertiary/aromatic N) is 1. The summed E-state index contributed by atoms with van der Waals surface area (Å²) in [5.41, 5.74) is 1.70. The fourth-order valence-electron chi connectivity index (χ4n) is 4.03. The highest BCUT2D eigenvalue weighted by atomic mass is 35.5. The highest BCUT2D eigenvalue weighted by Gasteiger charge is 2.29. The van der Waals surface area contributed by atoms with Gasteiger partial charge in [-0.3, -0.25) is 9.10 Å². The highest BCUT2D eigenvalue weighted by Crippen LogP contribution is 2.31. The summed E-state index contributed by atoms with van der Waals surface area (Å²) in [4.78, 5) is 25.0. The lowest BCUT2D eigenvalue weighted by Crippen LogP contribution is -2.36. The number of halogens is 2. The van der Waals surface area contributed by atoms with Gasteiger partial charge in [0.05, 0.1) is 17.2 Å². The Labute approximate surface area is 249 Å². The van der Waals surface area contributed by atoms with Gasteiger partial charge < -0.3 is 15.4 Å². The molecular formula is C30H29Cl2N3O5S. The zero-order chi connectivity index (χ0) is 29.4. The van der Waals surface area contributed by atoms with E-state index in [9.17, 15) is 18.0 Å². The molecule has 0 aromatic heterocycles. The molecule has 0 aliphatic heterocycles. The molecule has 0 aliphatic carbocycles. The first-order chi connectivity index (χ1) is 19.7. The summed E-state index contributed by atoms with van der Waals surface area (Å²) in [6, 6.07) is 23.3. The zero-order valence-corrected chi connectivity index (χ0v) is 24.6. The van der Waals surface area contributed by atoms with Crippen molar-refractivity contribution < 1.29 is 22.7 Å². The molecular weight excluding hydrogens is 585 g/mol. The summed E-state index contributed by atoms with van der Waals surface area (Å²) in [7, 11) is -4.27. The molecule has 2 N–H and O–H groups in total. The van der Waals surface area contributed by atoms with Crippen LogP contribution in [0.25, 0.3) is 10.8 Å². The van der Waals surface area contributed by atoms with E-state index in [0.29, 0.717) is 24.0 Å². The fourth-order valence-corrected chi connectivity index (χ4v) is 6.16. The highest BCUT2D eigenvalue weighted by molar-refractivity contribution is 7.92. The minimum Gasteiger partial charge on any atom is -0.464 e. The second kappa shape index (κ2) is 13.7. The fraction of sp³-hybridized carbons (Fsp3) is 0.200. The van der Waals surface area contributed by atoms with Crippen LogP contribution >= 0.6 is 23.2 Å². The van der Waals surface area contributed by atoms with Crippen LogP contribution in [-0.4, -0.2) is 33.6 Å². The van der Waals surface area contributed by atoms with Gasteiger partial charge in [-0.25, -0.2) is 13.2 Å². The molecule has 0 saturated heterocycles. The number of carbonyl (C=O) groups is 2. The Morgan fingerprint density at radius 1 is 0.878 bits per heavy atom. The quantitative estimate of drug-likeness (QED) is 0.140. The average molecular weight is 615 g/mol. The summed E-state index contributed by atoms with van der Waals surface area (Å²) in [6.07, 6.45) is 1.48. The van der Waals surface area contributed by atoms with Gasteiger partial charge in [0, 0.05) is 22.3 Å². The van der Waals surface area contributed by atoms with E-state index in [-0.39, 0.29) is 33.3 Å². The largest absolute Gasteiger partial charge is 0.464 e. The standard InChI is InChI=1S/C30H29Cl2N3O5S/c1-2-3-13-40-29(36)20-35(41(38,39)28-17-24(31)16-25(32)18-28)27-12-10-22-9-11-26(14-23(22)15-27)34-30(37)33-19-21-7-5-4-6-8-21/h4-12,14-18H,2-3,13,19-20H2,1H3,(H2,33,34,37). The third-order valence-corrected chi connectivity index (χ3v) is 8.31. The number of hydrogen-bond acceptors (Lipinski definition) is 5. The van der Waals surface area contributed by atoms with Crippen molar-refractivity contribution in [3.8, 4) is 0 Å². The Kier molecular flexibility index (Phi) is 10.1. The lowest BCUT2D eigenvalue weighted by Gasteiger charge is -2.24. The molecule has 0 unspecified atom stereocenters. The van der Waals surface area contributed by atoms with E-state index >= 15 is 0 Å². The number of amides is 2. The lowest BCUT2D eigenvalue weighted by atomic mass is 10.1. The molecule has 41 heavy (non-hydrogen) atoms. The smallest absolute Gasteiger partial charge is 0.326 e. The molecule has 0 heterocycles. The SMILES string of the molecule is CCCCOC(=O)CN(c1ccc2ccc(NC(=O)NCc3ccccc3)cc2c1)S(=O)(=O)c1cc(Cl)cc(Cl)c1. The van der Waals surface area contributed by atoms with Gasteiger partial charge in [0.1, 0.15) is 6.54 Å². The second-order valence-corrected chi connectivity index (χ2v) is 12.0. The number of benzene rings is 4. The molecule has 8 nitrogen and oxygen atoms in total. The topological polar surface area (TPSA) is 105 Å². The number of fused-ring (bicyclic) bond motifs is 1. The van der Waals surface area contributed by atoms with Gasteiger partial charge in [-0.2, -0.15) is 0 Å². The van der Waals surface area contributed by atoms with Crippen LogP contribution in [-0.2, 0) is 26.1 Å². The second-order valence-electron chi connectivity index (χ2n) is 9.23. The molecule has 4 aromatic carbocycles. The number of hydrogen-bond donors (Lipinski definition) is 2. The molecule has 214 valence electrons. The van der Waals surface area contributed by atoms with Gasteiger partial charge in [0.15, 0.2) is 0 Å². The normalized spacial score (nSPS) is 11.2. The van der Waals surface area contributed by atoms with Crippen LogP contribution in [0.4, 0.5) is 16.2 Å². The van der Waals surface area contributed by atoms with E-state index in [0.717, 1.165) is 21.7 Å². The van der Waals surface area contributed by atoms with Gasteiger partial charge >= 0.3 is 12.0 Å². The molecule has 0 saturated carbocycles. The molecule has 0 radical (unpaired) electrons. The van der Waals surface area contributed by atoms with E-state index in [2.05, 4.69) is 10.6 Å². The number of anilines is 2. The Hall–Kier alpha value is -3.79. The molecule has 0 aliphatic rings. The number of unbranched alkanes of at least 4 members (excludes halogenated alkanes) is 1. The Morgan fingerprint density at radius 3 is 2.29 bits per heavy atom. The predicted molar refractivity (Wildman–Crippen MR) is 163 cm³/mol. The van der Waals surface area contributed by atoms with Crippen LogP contribution in [0.15, 0.2) is 89.8 Å². The Bertz CT molecular complexity index is 1630. The van der Waals surface area contributed by atoms with Crippen LogP contribution < -0.4 is 14.9 Å². The van der Waals surface area contributed by atoms with Crippen molar-refractivity contribution in [3.05, 3.63) is 101 Å². The molecule has 0 bridgehead atoms. The van der Waals surface area contributed by atoms with E-state index in [1.165, 1.54) is 18.2 Å². The van der Waals surface area contributed by atoms with Gasteiger partial charge in [0.25, 0.3) is 10.0 Å². The van der Waals surface area contributed by atoms with Crippen molar-refractivity contribution in [1.29, 1.82) is 0 Å². The van der Waals surface area contributed by atoms with Crippen LogP contribution in [0.2, 0.25) is 10.0 Å². The third kappa shape index (κ3) is 8.13. The van der Waals surface area contributed by atoms with Crippen molar-refractivity contribution in [2.24, 2.45) is 0 Å². The molecule has 0 spiro atoms. The molecule has 0 atom stereocenters. The maximum absolute atomic E-state index is 13.8. The molecule has 0 fully saturated rings.